The molecule has 1 aromatic carbocycles. The molecule has 0 spiro atoms. The molecule has 0 saturated carbocycles. The molecular formula is C19H23N5O2S. The molecule has 0 saturated heterocycles. The summed E-state index contributed by atoms with van der Waals surface area (Å²) in [7, 11) is 0. The van der Waals surface area contributed by atoms with Gasteiger partial charge in [-0.25, -0.2) is 4.98 Å². The minimum Gasteiger partial charge on any atom is -0.494 e. The number of ether oxygens (including phenoxy) is 1. The van der Waals surface area contributed by atoms with Crippen LogP contribution >= 0.6 is 11.8 Å². The summed E-state index contributed by atoms with van der Waals surface area (Å²) >= 11 is 1.54. The number of fused-ring (bicyclic) bond motifs is 1. The van der Waals surface area contributed by atoms with E-state index in [0.29, 0.717) is 30.4 Å². The quantitative estimate of drug-likeness (QED) is 0.388. The first kappa shape index (κ1) is 19.3. The first-order chi connectivity index (χ1) is 13.2. The third-order valence-electron chi connectivity index (χ3n) is 4.12. The van der Waals surface area contributed by atoms with Gasteiger partial charge in [0, 0.05) is 38.2 Å². The van der Waals surface area contributed by atoms with Crippen molar-refractivity contribution in [3.8, 4) is 17.5 Å². The molecule has 0 unspecified atom stereocenters. The van der Waals surface area contributed by atoms with Crippen LogP contribution in [0, 0.1) is 11.3 Å². The van der Waals surface area contributed by atoms with E-state index in [-0.39, 0.29) is 5.56 Å². The van der Waals surface area contributed by atoms with Crippen LogP contribution < -0.4 is 20.9 Å². The Balaban J connectivity index is 1.84. The van der Waals surface area contributed by atoms with Crippen molar-refractivity contribution in [3.05, 3.63) is 40.3 Å². The summed E-state index contributed by atoms with van der Waals surface area (Å²) < 4.78 is 7.15. The fourth-order valence-electron chi connectivity index (χ4n) is 2.87. The van der Waals surface area contributed by atoms with Crippen molar-refractivity contribution in [1.29, 1.82) is 5.26 Å². The van der Waals surface area contributed by atoms with Gasteiger partial charge in [0.15, 0.2) is 5.16 Å². The van der Waals surface area contributed by atoms with Gasteiger partial charge in [-0.1, -0.05) is 11.8 Å². The van der Waals surface area contributed by atoms with E-state index in [1.54, 1.807) is 16.3 Å². The smallest absolute Gasteiger partial charge is 0.282 e. The molecule has 0 atom stereocenters. The van der Waals surface area contributed by atoms with E-state index in [0.717, 1.165) is 42.4 Å². The first-order valence-corrected chi connectivity index (χ1v) is 10.1. The maximum Gasteiger partial charge on any atom is 0.282 e. The number of nitrogens with one attached hydrogen (secondary N) is 2. The molecule has 27 heavy (non-hydrogen) atoms. The highest BCUT2D eigenvalue weighted by atomic mass is 32.2. The van der Waals surface area contributed by atoms with Gasteiger partial charge in [-0.05, 0) is 31.2 Å². The van der Waals surface area contributed by atoms with E-state index in [4.69, 9.17) is 15.0 Å². The zero-order chi connectivity index (χ0) is 19.1. The molecule has 0 bridgehead atoms. The third-order valence-corrected chi connectivity index (χ3v) is 5.06. The number of benzene rings is 1. The molecule has 1 aliphatic rings. The Kier molecular flexibility index (Phi) is 6.74. The number of aromatic nitrogens is 2. The Bertz CT molecular complexity index is 873. The van der Waals surface area contributed by atoms with Gasteiger partial charge in [0.25, 0.3) is 5.56 Å². The van der Waals surface area contributed by atoms with Crippen molar-refractivity contribution >= 4 is 17.4 Å². The van der Waals surface area contributed by atoms with Gasteiger partial charge in [0.2, 0.25) is 0 Å². The molecule has 142 valence electrons. The maximum absolute atomic E-state index is 13.0. The highest BCUT2D eigenvalue weighted by molar-refractivity contribution is 7.99. The lowest BCUT2D eigenvalue weighted by Crippen LogP contribution is -2.25. The Hall–Kier alpha value is -2.50. The summed E-state index contributed by atoms with van der Waals surface area (Å²) in [5.74, 6) is 1.54. The van der Waals surface area contributed by atoms with Gasteiger partial charge in [-0.15, -0.1) is 0 Å². The predicted molar refractivity (Wildman–Crippen MR) is 107 cm³/mol. The minimum atomic E-state index is -0.0680. The Morgan fingerprint density at radius 1 is 1.37 bits per heavy atom. The standard InChI is InChI=1S/C19H23N5O2S/c1-2-26-15-6-4-14(5-7-15)24-18(25)17-16(8-11-22-17)23-19(24)27-13-12-21-10-3-9-20/h4-7,21-22H,2-3,8,10-13H2,1H3. The molecule has 1 aliphatic heterocycles. The second-order valence-corrected chi connectivity index (χ2v) is 7.03. The second-order valence-electron chi connectivity index (χ2n) is 5.97. The average molecular weight is 385 g/mol. The van der Waals surface area contributed by atoms with Crippen LogP contribution in [0.3, 0.4) is 0 Å². The fraction of sp³-hybridized carbons (Fsp3) is 0.421. The number of anilines is 1. The van der Waals surface area contributed by atoms with Crippen molar-refractivity contribution < 1.29 is 4.74 Å². The molecule has 2 heterocycles. The molecule has 0 fully saturated rings. The molecule has 7 nitrogen and oxygen atoms in total. The molecular weight excluding hydrogens is 362 g/mol. The number of rotatable bonds is 9. The molecule has 0 amide bonds. The molecule has 8 heteroatoms. The van der Waals surface area contributed by atoms with Crippen LogP contribution in [0.1, 0.15) is 19.0 Å². The molecule has 0 aliphatic carbocycles. The lowest BCUT2D eigenvalue weighted by Gasteiger charge is -2.14. The topological polar surface area (TPSA) is 92.0 Å². The Labute approximate surface area is 162 Å². The number of thioether (sulfide) groups is 1. The van der Waals surface area contributed by atoms with Crippen molar-refractivity contribution in [3.63, 3.8) is 0 Å². The summed E-state index contributed by atoms with van der Waals surface area (Å²) in [4.78, 5) is 17.8. The van der Waals surface area contributed by atoms with E-state index >= 15 is 0 Å². The van der Waals surface area contributed by atoms with E-state index < -0.39 is 0 Å². The largest absolute Gasteiger partial charge is 0.494 e. The summed E-state index contributed by atoms with van der Waals surface area (Å²) in [5.41, 5.74) is 2.14. The van der Waals surface area contributed by atoms with Gasteiger partial charge >= 0.3 is 0 Å². The van der Waals surface area contributed by atoms with Crippen LogP contribution in [0.4, 0.5) is 5.69 Å². The summed E-state index contributed by atoms with van der Waals surface area (Å²) in [5, 5.41) is 15.6. The van der Waals surface area contributed by atoms with E-state index in [1.165, 1.54) is 0 Å². The normalized spacial score (nSPS) is 12.3. The van der Waals surface area contributed by atoms with Crippen LogP contribution in [0.2, 0.25) is 0 Å². The number of nitrogens with zero attached hydrogens (tertiary/aromatic N) is 3. The maximum atomic E-state index is 13.0. The van der Waals surface area contributed by atoms with Gasteiger partial charge in [0.1, 0.15) is 11.4 Å². The lowest BCUT2D eigenvalue weighted by atomic mass is 10.3. The van der Waals surface area contributed by atoms with Crippen LogP contribution in [0.25, 0.3) is 5.69 Å². The number of hydrogen-bond acceptors (Lipinski definition) is 7. The Morgan fingerprint density at radius 2 is 2.19 bits per heavy atom. The van der Waals surface area contributed by atoms with Crippen molar-refractivity contribution in [2.24, 2.45) is 0 Å². The molecule has 1 aromatic heterocycles. The van der Waals surface area contributed by atoms with Crippen molar-refractivity contribution in [2.45, 2.75) is 24.9 Å². The first-order valence-electron chi connectivity index (χ1n) is 9.08. The fourth-order valence-corrected chi connectivity index (χ4v) is 3.80. The summed E-state index contributed by atoms with van der Waals surface area (Å²) in [6, 6.07) is 9.60. The number of nitriles is 1. The SMILES string of the molecule is CCOc1ccc(-n2c(SCCNCCC#N)nc3c(c2=O)NCC3)cc1. The van der Waals surface area contributed by atoms with Crippen molar-refractivity contribution in [1.82, 2.24) is 14.9 Å². The second kappa shape index (κ2) is 9.44. The average Bonchev–Trinajstić information content (AvgIpc) is 3.15. The summed E-state index contributed by atoms with van der Waals surface area (Å²) in [6.45, 7) is 4.70. The summed E-state index contributed by atoms with van der Waals surface area (Å²) in [6.07, 6.45) is 1.26. The highest BCUT2D eigenvalue weighted by Crippen LogP contribution is 2.25. The van der Waals surface area contributed by atoms with Crippen LogP contribution in [0.15, 0.2) is 34.2 Å². The zero-order valence-electron chi connectivity index (χ0n) is 15.3. The predicted octanol–water partition coefficient (Wildman–Crippen LogP) is 2.19. The highest BCUT2D eigenvalue weighted by Gasteiger charge is 2.21. The van der Waals surface area contributed by atoms with Crippen LogP contribution in [-0.2, 0) is 6.42 Å². The third kappa shape index (κ3) is 4.62. The Morgan fingerprint density at radius 3 is 2.93 bits per heavy atom. The van der Waals surface area contributed by atoms with Gasteiger partial charge in [-0.3, -0.25) is 9.36 Å². The molecule has 2 N–H and O–H groups in total. The van der Waals surface area contributed by atoms with Crippen molar-refractivity contribution in [2.75, 3.05) is 37.3 Å². The van der Waals surface area contributed by atoms with Gasteiger partial charge in [0.05, 0.1) is 24.1 Å². The van der Waals surface area contributed by atoms with Gasteiger partial charge < -0.3 is 15.4 Å². The molecule has 0 radical (unpaired) electrons. The van der Waals surface area contributed by atoms with Gasteiger partial charge in [-0.2, -0.15) is 5.26 Å². The zero-order valence-corrected chi connectivity index (χ0v) is 16.1. The molecule has 2 aromatic rings. The van der Waals surface area contributed by atoms with E-state index in [9.17, 15) is 4.79 Å². The lowest BCUT2D eigenvalue weighted by molar-refractivity contribution is 0.340. The van der Waals surface area contributed by atoms with E-state index in [2.05, 4.69) is 16.7 Å². The number of hydrogen-bond donors (Lipinski definition) is 2. The monoisotopic (exact) mass is 385 g/mol. The van der Waals surface area contributed by atoms with E-state index in [1.807, 2.05) is 31.2 Å². The van der Waals surface area contributed by atoms with Crippen LogP contribution in [-0.4, -0.2) is 41.5 Å². The van der Waals surface area contributed by atoms with Crippen LogP contribution in [0.5, 0.6) is 5.75 Å². The minimum absolute atomic E-state index is 0.0680. The molecule has 3 rings (SSSR count).